The molecule has 249 valence electrons. The molecule has 13 nitrogen and oxygen atoms in total. The van der Waals surface area contributed by atoms with Crippen molar-refractivity contribution in [1.29, 1.82) is 0 Å². The van der Waals surface area contributed by atoms with E-state index in [1.165, 1.54) is 10.6 Å². The van der Waals surface area contributed by atoms with Crippen LogP contribution >= 0.6 is 0 Å². The van der Waals surface area contributed by atoms with Crippen LogP contribution in [-0.4, -0.2) is 92.5 Å². The summed E-state index contributed by atoms with van der Waals surface area (Å²) in [5.74, 6) is 1.21. The van der Waals surface area contributed by atoms with Crippen LogP contribution in [0.2, 0.25) is 0 Å². The lowest BCUT2D eigenvalue weighted by atomic mass is 9.80. The van der Waals surface area contributed by atoms with E-state index in [-0.39, 0.29) is 29.8 Å². The average Bonchev–Trinajstić information content (AvgIpc) is 3.73. The van der Waals surface area contributed by atoms with Gasteiger partial charge >= 0.3 is 0 Å². The van der Waals surface area contributed by atoms with Crippen molar-refractivity contribution in [2.45, 2.75) is 45.2 Å². The Hall–Kier alpha value is -5.24. The first kappa shape index (κ1) is 31.1. The van der Waals surface area contributed by atoms with Crippen molar-refractivity contribution in [3.8, 4) is 11.1 Å². The minimum Gasteiger partial charge on any atom is -0.364 e. The first-order valence-corrected chi connectivity index (χ1v) is 16.8. The lowest BCUT2D eigenvalue weighted by Crippen LogP contribution is -2.54. The van der Waals surface area contributed by atoms with Crippen LogP contribution in [-0.2, 0) is 4.79 Å². The second kappa shape index (κ2) is 12.0. The molecule has 2 aliphatic heterocycles. The summed E-state index contributed by atoms with van der Waals surface area (Å²) in [7, 11) is 7.63. The molecule has 0 bridgehead atoms. The lowest BCUT2D eigenvalue weighted by molar-refractivity contribution is -0.117. The molecule has 14 heteroatoms. The van der Waals surface area contributed by atoms with Gasteiger partial charge in [0.25, 0.3) is 13.3 Å². The molecule has 5 aromatic rings. The third kappa shape index (κ3) is 5.59. The van der Waals surface area contributed by atoms with Crippen molar-refractivity contribution in [2.24, 2.45) is 5.92 Å². The smallest absolute Gasteiger partial charge is 0.273 e. The van der Waals surface area contributed by atoms with Gasteiger partial charge < -0.3 is 25.2 Å². The van der Waals surface area contributed by atoms with Gasteiger partial charge in [0.1, 0.15) is 17.3 Å². The molecular weight excluding hydrogens is 617 g/mol. The Kier molecular flexibility index (Phi) is 7.62. The van der Waals surface area contributed by atoms with Gasteiger partial charge in [-0.15, -0.1) is 0 Å². The van der Waals surface area contributed by atoms with Gasteiger partial charge in [-0.2, -0.15) is 14.7 Å². The van der Waals surface area contributed by atoms with Crippen LogP contribution in [0.1, 0.15) is 60.1 Å². The van der Waals surface area contributed by atoms with Crippen molar-refractivity contribution in [3.63, 3.8) is 0 Å². The predicted molar refractivity (Wildman–Crippen MR) is 190 cm³/mol. The van der Waals surface area contributed by atoms with Crippen molar-refractivity contribution in [2.75, 3.05) is 49.8 Å². The Morgan fingerprint density at radius 3 is 2.59 bits per heavy atom. The van der Waals surface area contributed by atoms with Gasteiger partial charge in [0, 0.05) is 69.0 Å². The van der Waals surface area contributed by atoms with E-state index in [0.29, 0.717) is 17.2 Å². The molecule has 1 saturated heterocycles. The number of fused-ring (bicyclic) bond motifs is 4. The van der Waals surface area contributed by atoms with E-state index in [2.05, 4.69) is 72.3 Å². The molecule has 3 aliphatic rings. The number of benzene rings is 1. The van der Waals surface area contributed by atoms with Crippen LogP contribution in [0.25, 0.3) is 16.8 Å². The number of nitrogens with zero attached hydrogens (tertiary/aromatic N) is 9. The Morgan fingerprint density at radius 2 is 1.84 bits per heavy atom. The van der Waals surface area contributed by atoms with Crippen LogP contribution in [0, 0.1) is 12.8 Å². The standard InChI is InChI=1S/C35H39BN11O2/c1-6-27-33-24(17-37-46(33)22-18-45(19-22)36-28-12-8-11-26(38-28)35(49)43(3)4)23-9-7-10-25(32(23)44(27)5)39-31-16-29(41-34(48)21-13-14-21)40-30-15-20(2)42-47(30)31/h7-12,15-17,21-22,27,39H,6,13-14,18-19H2,1-5H3,(H,40,41,48). The molecule has 1 radical (unpaired) electrons. The van der Waals surface area contributed by atoms with E-state index in [0.717, 1.165) is 72.0 Å². The number of carbonyl (C=O) groups excluding carboxylic acids is 2. The first-order chi connectivity index (χ1) is 23.7. The Balaban J connectivity index is 1.07. The maximum Gasteiger partial charge on any atom is 0.273 e. The maximum absolute atomic E-state index is 12.6. The topological polar surface area (TPSA) is 129 Å². The van der Waals surface area contributed by atoms with Gasteiger partial charge in [-0.1, -0.05) is 25.1 Å². The molecule has 6 heterocycles. The molecule has 2 N–H and O–H groups in total. The highest BCUT2D eigenvalue weighted by molar-refractivity contribution is 6.49. The van der Waals surface area contributed by atoms with E-state index in [9.17, 15) is 9.59 Å². The molecular formula is C35H39BN11O2. The van der Waals surface area contributed by atoms with Gasteiger partial charge in [0.05, 0.1) is 41.0 Å². The van der Waals surface area contributed by atoms with Crippen LogP contribution < -0.4 is 21.1 Å². The summed E-state index contributed by atoms with van der Waals surface area (Å²) in [6.07, 6.45) is 4.76. The van der Waals surface area contributed by atoms with Crippen molar-refractivity contribution in [1.82, 2.24) is 39.1 Å². The Bertz CT molecular complexity index is 2100. The lowest BCUT2D eigenvalue weighted by Gasteiger charge is -2.43. The monoisotopic (exact) mass is 656 g/mol. The highest BCUT2D eigenvalue weighted by atomic mass is 16.2. The van der Waals surface area contributed by atoms with Crippen molar-refractivity contribution < 1.29 is 9.59 Å². The summed E-state index contributed by atoms with van der Waals surface area (Å²) in [5, 5.41) is 16.3. The molecule has 8 rings (SSSR count). The highest BCUT2D eigenvalue weighted by Gasteiger charge is 2.38. The molecule has 0 spiro atoms. The van der Waals surface area contributed by atoms with Crippen LogP contribution in [0.4, 0.5) is 23.0 Å². The average molecular weight is 657 g/mol. The number of aryl methyl sites for hydroxylation is 1. The summed E-state index contributed by atoms with van der Waals surface area (Å²) in [4.78, 5) is 40.4. The maximum atomic E-state index is 12.6. The van der Waals surface area contributed by atoms with Gasteiger partial charge in [0.2, 0.25) is 5.91 Å². The SMILES string of the molecule is CCC1c2c(cnn2C2CN([B]c3cccc(C(=O)N(C)C)n3)C2)-c2cccc(Nc3cc(NC(=O)C4CC4)nc4cc(C)nn34)c2N1C. The van der Waals surface area contributed by atoms with Gasteiger partial charge in [-0.3, -0.25) is 19.3 Å². The second-order valence-electron chi connectivity index (χ2n) is 13.5. The zero-order valence-electron chi connectivity index (χ0n) is 28.4. The summed E-state index contributed by atoms with van der Waals surface area (Å²) in [6.45, 7) is 5.76. The first-order valence-electron chi connectivity index (χ1n) is 16.8. The third-order valence-corrected chi connectivity index (χ3v) is 9.64. The molecule has 2 amide bonds. The number of pyridine rings is 1. The fourth-order valence-corrected chi connectivity index (χ4v) is 7.01. The quantitative estimate of drug-likeness (QED) is 0.228. The second-order valence-corrected chi connectivity index (χ2v) is 13.5. The number of aromatic nitrogens is 6. The summed E-state index contributed by atoms with van der Waals surface area (Å²) in [5.41, 5.74) is 8.19. The number of amides is 2. The largest absolute Gasteiger partial charge is 0.364 e. The molecule has 49 heavy (non-hydrogen) atoms. The summed E-state index contributed by atoms with van der Waals surface area (Å²) < 4.78 is 4.00. The predicted octanol–water partition coefficient (Wildman–Crippen LogP) is 3.79. The highest BCUT2D eigenvalue weighted by Crippen LogP contribution is 2.49. The molecule has 1 atom stereocenters. The number of nitrogens with one attached hydrogen (secondary N) is 2. The number of hydrogen-bond donors (Lipinski definition) is 2. The van der Waals surface area contributed by atoms with E-state index >= 15 is 0 Å². The van der Waals surface area contributed by atoms with E-state index in [1.807, 2.05) is 44.8 Å². The summed E-state index contributed by atoms with van der Waals surface area (Å²) in [6, 6.07) is 15.9. The molecule has 1 unspecified atom stereocenters. The third-order valence-electron chi connectivity index (χ3n) is 9.64. The van der Waals surface area contributed by atoms with E-state index in [1.54, 1.807) is 24.7 Å². The van der Waals surface area contributed by atoms with Crippen molar-refractivity contribution >= 4 is 53.5 Å². The molecule has 4 aromatic heterocycles. The fourth-order valence-electron chi connectivity index (χ4n) is 7.01. The van der Waals surface area contributed by atoms with Crippen molar-refractivity contribution in [3.05, 3.63) is 71.8 Å². The van der Waals surface area contributed by atoms with Gasteiger partial charge in [-0.25, -0.2) is 4.98 Å². The zero-order valence-corrected chi connectivity index (χ0v) is 28.4. The molecule has 2 fully saturated rings. The molecule has 1 aliphatic carbocycles. The van der Waals surface area contributed by atoms with Gasteiger partial charge in [0.15, 0.2) is 5.65 Å². The molecule has 1 aromatic carbocycles. The fraction of sp³-hybridized carbons (Fsp3) is 0.371. The number of anilines is 4. The molecule has 1 saturated carbocycles. The number of hydrogen-bond acceptors (Lipinski definition) is 9. The summed E-state index contributed by atoms with van der Waals surface area (Å²) >= 11 is 0. The number of carbonyl (C=O) groups is 2. The van der Waals surface area contributed by atoms with Gasteiger partial charge in [-0.05, 0) is 44.4 Å². The van der Waals surface area contributed by atoms with Crippen LogP contribution in [0.15, 0.2) is 54.7 Å². The van der Waals surface area contributed by atoms with E-state index < -0.39 is 0 Å². The number of para-hydroxylation sites is 1. The Labute approximate surface area is 285 Å². The Morgan fingerprint density at radius 1 is 1.04 bits per heavy atom. The van der Waals surface area contributed by atoms with Crippen LogP contribution in [0.3, 0.4) is 0 Å². The minimum absolute atomic E-state index is 0.0148. The van der Waals surface area contributed by atoms with Crippen LogP contribution in [0.5, 0.6) is 0 Å². The normalized spacial score (nSPS) is 17.3. The number of rotatable bonds is 9. The minimum atomic E-state index is -0.110. The zero-order chi connectivity index (χ0) is 34.0. The van der Waals surface area contributed by atoms with E-state index in [4.69, 9.17) is 5.10 Å².